The van der Waals surface area contributed by atoms with Crippen molar-refractivity contribution in [1.29, 1.82) is 0 Å². The maximum Gasteiger partial charge on any atom is 0.334 e. The van der Waals surface area contributed by atoms with Crippen molar-refractivity contribution in [3.05, 3.63) is 40.7 Å². The third-order valence-corrected chi connectivity index (χ3v) is 8.76. The average molecular weight is 473 g/mol. The second-order valence-corrected chi connectivity index (χ2v) is 11.3. The zero-order valence-corrected chi connectivity index (χ0v) is 20.3. The molecule has 1 heterocycles. The zero-order chi connectivity index (χ0) is 23.3. The lowest BCUT2D eigenvalue weighted by atomic mass is 9.86. The second kappa shape index (κ2) is 8.32. The van der Waals surface area contributed by atoms with Gasteiger partial charge >= 0.3 is 16.2 Å². The Hall–Kier alpha value is -2.59. The van der Waals surface area contributed by atoms with Crippen molar-refractivity contribution in [2.24, 2.45) is 7.05 Å². The van der Waals surface area contributed by atoms with Gasteiger partial charge < -0.3 is 10.2 Å². The fraction of sp³-hybridized carbons (Fsp3) is 0.565. The molecule has 3 aliphatic rings. The van der Waals surface area contributed by atoms with E-state index in [-0.39, 0.29) is 6.04 Å². The van der Waals surface area contributed by atoms with Crippen molar-refractivity contribution >= 4 is 27.6 Å². The number of fused-ring (bicyclic) bond motifs is 2. The molecule has 9 nitrogen and oxygen atoms in total. The molecule has 0 spiro atoms. The number of nitrogens with zero attached hydrogens (tertiary/aromatic N) is 4. The molecule has 0 saturated heterocycles. The highest BCUT2D eigenvalue weighted by Gasteiger charge is 2.41. The number of hydrogen-bond acceptors (Lipinski definition) is 5. The van der Waals surface area contributed by atoms with Gasteiger partial charge in [-0.2, -0.15) is 13.5 Å². The Morgan fingerprint density at radius 3 is 2.24 bits per heavy atom. The number of carbonyl (C=O) groups excluding carboxylic acids is 1. The Morgan fingerprint density at radius 1 is 1.06 bits per heavy atom. The first kappa shape index (κ1) is 22.2. The van der Waals surface area contributed by atoms with Gasteiger partial charge in [-0.15, -0.1) is 0 Å². The molecule has 10 heteroatoms. The molecule has 0 bridgehead atoms. The first-order valence-electron chi connectivity index (χ1n) is 11.7. The van der Waals surface area contributed by atoms with Crippen LogP contribution in [0.15, 0.2) is 18.5 Å². The van der Waals surface area contributed by atoms with Crippen molar-refractivity contribution in [2.45, 2.75) is 63.5 Å². The van der Waals surface area contributed by atoms with Gasteiger partial charge in [0.05, 0.1) is 11.9 Å². The molecule has 1 saturated carbocycles. The van der Waals surface area contributed by atoms with E-state index in [0.717, 1.165) is 44.2 Å². The Balaban J connectivity index is 1.38. The quantitative estimate of drug-likeness (QED) is 0.672. The molecule has 1 fully saturated rings. The molecule has 178 valence electrons. The molecule has 3 aliphatic carbocycles. The minimum absolute atomic E-state index is 0.225. The topological polar surface area (TPSA) is 99.6 Å². The minimum Gasteiger partial charge on any atom is -0.307 e. The van der Waals surface area contributed by atoms with E-state index in [2.05, 4.69) is 26.1 Å². The van der Waals surface area contributed by atoms with Crippen molar-refractivity contribution < 1.29 is 13.2 Å². The summed E-state index contributed by atoms with van der Waals surface area (Å²) in [5.41, 5.74) is 6.20. The molecule has 33 heavy (non-hydrogen) atoms. The van der Waals surface area contributed by atoms with Gasteiger partial charge in [-0.1, -0.05) is 6.07 Å². The van der Waals surface area contributed by atoms with Crippen molar-refractivity contribution in [3.63, 3.8) is 0 Å². The van der Waals surface area contributed by atoms with Gasteiger partial charge in [-0.05, 0) is 87.7 Å². The number of aryl methyl sites for hydroxylation is 3. The molecule has 0 aliphatic heterocycles. The van der Waals surface area contributed by atoms with Crippen LogP contribution in [0.2, 0.25) is 0 Å². The summed E-state index contributed by atoms with van der Waals surface area (Å²) in [4.78, 5) is 15.1. The number of urea groups is 1. The summed E-state index contributed by atoms with van der Waals surface area (Å²) in [7, 11) is 1.61. The molecular formula is C23H32N6O3S. The van der Waals surface area contributed by atoms with Crippen LogP contribution in [0.5, 0.6) is 0 Å². The van der Waals surface area contributed by atoms with Gasteiger partial charge in [0.15, 0.2) is 0 Å². The molecule has 0 radical (unpaired) electrons. The molecule has 1 aromatic carbocycles. The highest BCUT2D eigenvalue weighted by atomic mass is 32.2. The largest absolute Gasteiger partial charge is 0.334 e. The number of carbonyl (C=O) groups is 1. The van der Waals surface area contributed by atoms with Crippen molar-refractivity contribution in [3.8, 4) is 0 Å². The van der Waals surface area contributed by atoms with Crippen molar-refractivity contribution in [2.75, 3.05) is 23.7 Å². The number of aromatic nitrogens is 2. The van der Waals surface area contributed by atoms with Gasteiger partial charge in [0.2, 0.25) is 0 Å². The lowest BCUT2D eigenvalue weighted by Crippen LogP contribution is -2.57. The monoisotopic (exact) mass is 472 g/mol. The summed E-state index contributed by atoms with van der Waals surface area (Å²) in [5.74, 6) is 0. The molecule has 0 unspecified atom stereocenters. The van der Waals surface area contributed by atoms with Crippen LogP contribution in [-0.4, -0.2) is 55.3 Å². The van der Waals surface area contributed by atoms with Gasteiger partial charge in [0.25, 0.3) is 0 Å². The lowest BCUT2D eigenvalue weighted by molar-refractivity contribution is 0.170. The maximum absolute atomic E-state index is 13.4. The fourth-order valence-corrected chi connectivity index (χ4v) is 6.83. The van der Waals surface area contributed by atoms with Gasteiger partial charge in [0, 0.05) is 31.0 Å². The highest BCUT2D eigenvalue weighted by molar-refractivity contribution is 7.91. The number of nitrogens with one attached hydrogen (secondary N) is 2. The second-order valence-electron chi connectivity index (χ2n) is 9.71. The Morgan fingerprint density at radius 2 is 1.70 bits per heavy atom. The predicted molar refractivity (Wildman–Crippen MR) is 128 cm³/mol. The SMILES string of the molecule is CN(C)C1CC(N(c2cnn(C)c2)S(=O)(=O)NC(=O)Nc2c3c(cc4c2CCC4)CCC3)C1. The average Bonchev–Trinajstić information content (AvgIpc) is 3.43. The van der Waals surface area contributed by atoms with Crippen LogP contribution in [0.4, 0.5) is 16.2 Å². The molecule has 2 N–H and O–H groups in total. The summed E-state index contributed by atoms with van der Waals surface area (Å²) >= 11 is 0. The van der Waals surface area contributed by atoms with Gasteiger partial charge in [-0.25, -0.2) is 13.8 Å². The molecular weight excluding hydrogens is 440 g/mol. The molecule has 2 amide bonds. The van der Waals surface area contributed by atoms with Crippen molar-refractivity contribution in [1.82, 2.24) is 19.4 Å². The molecule has 0 atom stereocenters. The van der Waals surface area contributed by atoms with E-state index in [1.165, 1.54) is 32.8 Å². The van der Waals surface area contributed by atoms with Crippen LogP contribution >= 0.6 is 0 Å². The number of benzene rings is 1. The van der Waals surface area contributed by atoms with Crippen LogP contribution in [0.3, 0.4) is 0 Å². The summed E-state index contributed by atoms with van der Waals surface area (Å²) in [6, 6.07) is 1.67. The maximum atomic E-state index is 13.4. The smallest absolute Gasteiger partial charge is 0.307 e. The summed E-state index contributed by atoms with van der Waals surface area (Å²) in [6.07, 6.45) is 10.6. The standard InChI is InChI=1S/C23H32N6O3S/c1-27(2)17-11-18(12-17)29(19-13-24-28(3)14-19)33(31,32)26-23(30)25-22-20-8-4-6-15(20)10-16-7-5-9-21(16)22/h10,13-14,17-18H,4-9,11-12H2,1-3H3,(H2,25,26,30). The molecule has 5 rings (SSSR count). The van der Waals surface area contributed by atoms with Crippen LogP contribution in [0.25, 0.3) is 0 Å². The Kier molecular flexibility index (Phi) is 5.60. The minimum atomic E-state index is -4.12. The Bertz CT molecular complexity index is 1150. The zero-order valence-electron chi connectivity index (χ0n) is 19.5. The van der Waals surface area contributed by atoms with E-state index in [1.54, 1.807) is 17.9 Å². The Labute approximate surface area is 195 Å². The molecule has 2 aromatic rings. The third-order valence-electron chi connectivity index (χ3n) is 7.29. The first-order valence-corrected chi connectivity index (χ1v) is 13.1. The number of rotatable bonds is 6. The van der Waals surface area contributed by atoms with Gasteiger partial charge in [0.1, 0.15) is 0 Å². The highest BCUT2D eigenvalue weighted by Crippen LogP contribution is 2.39. The number of anilines is 2. The van der Waals surface area contributed by atoms with Crippen LogP contribution < -0.4 is 14.3 Å². The summed E-state index contributed by atoms with van der Waals surface area (Å²) < 4.78 is 32.0. The summed E-state index contributed by atoms with van der Waals surface area (Å²) in [5, 5.41) is 7.07. The number of amides is 2. The normalized spacial score (nSPS) is 21.5. The van der Waals surface area contributed by atoms with Gasteiger partial charge in [-0.3, -0.25) is 4.68 Å². The lowest BCUT2D eigenvalue weighted by Gasteiger charge is -2.44. The molecule has 1 aromatic heterocycles. The van der Waals surface area contributed by atoms with E-state index in [4.69, 9.17) is 0 Å². The summed E-state index contributed by atoms with van der Waals surface area (Å²) in [6.45, 7) is 0. The number of hydrogen-bond donors (Lipinski definition) is 2. The van der Waals surface area contributed by atoms with Crippen LogP contribution in [0.1, 0.15) is 47.9 Å². The fourth-order valence-electron chi connectivity index (χ4n) is 5.51. The van der Waals surface area contributed by atoms with E-state index < -0.39 is 16.2 Å². The first-order chi connectivity index (χ1) is 15.7. The van der Waals surface area contributed by atoms with Crippen LogP contribution in [0, 0.1) is 0 Å². The van der Waals surface area contributed by atoms with Crippen LogP contribution in [-0.2, 0) is 42.9 Å². The van der Waals surface area contributed by atoms with E-state index >= 15 is 0 Å². The van der Waals surface area contributed by atoms with E-state index in [1.807, 2.05) is 14.1 Å². The predicted octanol–water partition coefficient (Wildman–Crippen LogP) is 2.36. The van der Waals surface area contributed by atoms with E-state index in [0.29, 0.717) is 24.6 Å². The third kappa shape index (κ3) is 4.10. The van der Waals surface area contributed by atoms with E-state index in [9.17, 15) is 13.2 Å².